The molecule has 0 unspecified atom stereocenters. The number of Topliss-reactive ketones (excluding diaryl/α,β-unsaturated/α-hetero) is 1. The Kier molecular flexibility index (Phi) is 4.90. The fraction of sp³-hybridized carbons (Fsp3) is 0.615. The highest BCUT2D eigenvalue weighted by Crippen LogP contribution is 2.28. The maximum Gasteiger partial charge on any atom is 0.405 e. The van der Waals surface area contributed by atoms with Crippen LogP contribution in [0.3, 0.4) is 0 Å². The second-order valence-electron chi connectivity index (χ2n) is 4.94. The molecule has 6 heteroatoms. The summed E-state index contributed by atoms with van der Waals surface area (Å²) in [5.74, 6) is 0.234. The van der Waals surface area contributed by atoms with E-state index in [1.807, 2.05) is 0 Å². The van der Waals surface area contributed by atoms with Gasteiger partial charge < -0.3 is 10.4 Å². The Morgan fingerprint density at radius 3 is 2.74 bits per heavy atom. The van der Waals surface area contributed by atoms with Gasteiger partial charge in [-0.05, 0) is 12.3 Å². The van der Waals surface area contributed by atoms with E-state index < -0.39 is 12.1 Å². The summed E-state index contributed by atoms with van der Waals surface area (Å²) in [5, 5.41) is 13.3. The zero-order valence-corrected chi connectivity index (χ0v) is 11.5. The molecule has 1 fully saturated rings. The van der Waals surface area contributed by atoms with E-state index in [1.165, 1.54) is 30.6 Å². The van der Waals surface area contributed by atoms with Crippen LogP contribution in [0, 0.1) is 5.92 Å². The van der Waals surface area contributed by atoms with E-state index in [4.69, 9.17) is 5.11 Å². The third kappa shape index (κ3) is 4.02. The number of hydrogen-bond acceptors (Lipinski definition) is 4. The van der Waals surface area contributed by atoms with Crippen LogP contribution in [0.25, 0.3) is 0 Å². The standard InChI is InChI=1S/C13H18N2O3S/c16-11(12-14-6-7-19-12)10(15-13(17)18)8-9-4-2-1-3-5-9/h6-7,9-10,15H,1-5,8H2,(H,17,18)/t10-/m0/s1. The highest BCUT2D eigenvalue weighted by atomic mass is 32.1. The first-order valence-corrected chi connectivity index (χ1v) is 7.48. The molecule has 0 bridgehead atoms. The highest BCUT2D eigenvalue weighted by molar-refractivity contribution is 7.11. The summed E-state index contributed by atoms with van der Waals surface area (Å²) >= 11 is 1.25. The minimum absolute atomic E-state index is 0.206. The lowest BCUT2D eigenvalue weighted by Gasteiger charge is -2.25. The van der Waals surface area contributed by atoms with Crippen molar-refractivity contribution < 1.29 is 14.7 Å². The Morgan fingerprint density at radius 1 is 1.42 bits per heavy atom. The molecule has 19 heavy (non-hydrogen) atoms. The van der Waals surface area contributed by atoms with Gasteiger partial charge in [-0.25, -0.2) is 9.78 Å². The molecule has 5 nitrogen and oxygen atoms in total. The van der Waals surface area contributed by atoms with Gasteiger partial charge in [0.25, 0.3) is 0 Å². The third-order valence-corrected chi connectivity index (χ3v) is 4.34. The average Bonchev–Trinajstić information content (AvgIpc) is 2.91. The zero-order valence-electron chi connectivity index (χ0n) is 10.7. The van der Waals surface area contributed by atoms with Crippen LogP contribution in [-0.4, -0.2) is 28.0 Å². The van der Waals surface area contributed by atoms with Crippen LogP contribution in [0.15, 0.2) is 11.6 Å². The van der Waals surface area contributed by atoms with Crippen LogP contribution in [0.4, 0.5) is 4.79 Å². The van der Waals surface area contributed by atoms with Crippen molar-refractivity contribution in [2.24, 2.45) is 5.92 Å². The SMILES string of the molecule is O=C(O)N[C@@H](CC1CCCCC1)C(=O)c1nccs1. The van der Waals surface area contributed by atoms with E-state index in [-0.39, 0.29) is 5.78 Å². The van der Waals surface area contributed by atoms with Crippen LogP contribution in [0.1, 0.15) is 48.3 Å². The zero-order chi connectivity index (χ0) is 13.7. The van der Waals surface area contributed by atoms with Crippen LogP contribution in [-0.2, 0) is 0 Å². The van der Waals surface area contributed by atoms with E-state index in [0.29, 0.717) is 17.3 Å². The van der Waals surface area contributed by atoms with Gasteiger partial charge in [0.15, 0.2) is 5.01 Å². The monoisotopic (exact) mass is 282 g/mol. The fourth-order valence-electron chi connectivity index (χ4n) is 2.63. The Bertz CT molecular complexity index is 427. The second-order valence-corrected chi connectivity index (χ2v) is 5.84. The van der Waals surface area contributed by atoms with Gasteiger partial charge in [-0.1, -0.05) is 32.1 Å². The molecule has 1 aliphatic rings. The third-order valence-electron chi connectivity index (χ3n) is 3.55. The number of nitrogens with one attached hydrogen (secondary N) is 1. The van der Waals surface area contributed by atoms with E-state index in [9.17, 15) is 9.59 Å². The molecule has 1 aliphatic carbocycles. The molecule has 2 N–H and O–H groups in total. The molecule has 1 aromatic rings. The van der Waals surface area contributed by atoms with Gasteiger partial charge in [-0.15, -0.1) is 11.3 Å². The van der Waals surface area contributed by atoms with E-state index >= 15 is 0 Å². The molecule has 1 heterocycles. The maximum atomic E-state index is 12.2. The van der Waals surface area contributed by atoms with E-state index in [2.05, 4.69) is 10.3 Å². The Morgan fingerprint density at radius 2 is 2.16 bits per heavy atom. The van der Waals surface area contributed by atoms with Gasteiger partial charge in [0, 0.05) is 11.6 Å². The maximum absolute atomic E-state index is 12.2. The highest BCUT2D eigenvalue weighted by Gasteiger charge is 2.27. The largest absolute Gasteiger partial charge is 0.465 e. The second kappa shape index (κ2) is 6.65. The number of amides is 1. The number of rotatable bonds is 5. The minimum atomic E-state index is -1.15. The summed E-state index contributed by atoms with van der Waals surface area (Å²) in [6.45, 7) is 0. The predicted molar refractivity (Wildman–Crippen MR) is 72.6 cm³/mol. The number of thiazole rings is 1. The molecular weight excluding hydrogens is 264 g/mol. The molecule has 0 spiro atoms. The minimum Gasteiger partial charge on any atom is -0.465 e. The topological polar surface area (TPSA) is 79.3 Å². The lowest BCUT2D eigenvalue weighted by atomic mass is 9.84. The molecule has 2 rings (SSSR count). The van der Waals surface area contributed by atoms with Crippen molar-refractivity contribution in [3.63, 3.8) is 0 Å². The first-order chi connectivity index (χ1) is 9.16. The van der Waals surface area contributed by atoms with Gasteiger partial charge in [0.1, 0.15) is 0 Å². The van der Waals surface area contributed by atoms with Gasteiger partial charge in [-0.2, -0.15) is 0 Å². The Balaban J connectivity index is 2.02. The Labute approximate surface area is 116 Å². The molecule has 0 radical (unpaired) electrons. The van der Waals surface area contributed by atoms with Gasteiger partial charge >= 0.3 is 6.09 Å². The molecule has 1 saturated carbocycles. The number of carbonyl (C=O) groups excluding carboxylic acids is 1. The normalized spacial score (nSPS) is 17.9. The predicted octanol–water partition coefficient (Wildman–Crippen LogP) is 2.93. The van der Waals surface area contributed by atoms with Crippen molar-refractivity contribution in [2.75, 3.05) is 0 Å². The lowest BCUT2D eigenvalue weighted by Crippen LogP contribution is -2.41. The van der Waals surface area contributed by atoms with Gasteiger partial charge in [0.2, 0.25) is 5.78 Å². The summed E-state index contributed by atoms with van der Waals surface area (Å²) in [7, 11) is 0. The summed E-state index contributed by atoms with van der Waals surface area (Å²) in [6, 6.07) is -0.660. The van der Waals surface area contributed by atoms with Crippen LogP contribution in [0.2, 0.25) is 0 Å². The molecule has 0 saturated heterocycles. The molecule has 1 amide bonds. The molecule has 1 atom stereocenters. The molecular formula is C13H18N2O3S. The Hall–Kier alpha value is -1.43. The first kappa shape index (κ1) is 14.0. The number of nitrogens with zero attached hydrogens (tertiary/aromatic N) is 1. The van der Waals surface area contributed by atoms with E-state index in [1.54, 1.807) is 11.6 Å². The fourth-order valence-corrected chi connectivity index (χ4v) is 3.26. The number of aromatic nitrogens is 1. The summed E-state index contributed by atoms with van der Waals surface area (Å²) in [6.07, 6.45) is 6.78. The van der Waals surface area contributed by atoms with Crippen molar-refractivity contribution in [1.29, 1.82) is 0 Å². The van der Waals surface area contributed by atoms with Crippen molar-refractivity contribution in [2.45, 2.75) is 44.6 Å². The van der Waals surface area contributed by atoms with Gasteiger partial charge in [-0.3, -0.25) is 4.79 Å². The number of ketones is 1. The van der Waals surface area contributed by atoms with Crippen molar-refractivity contribution >= 4 is 23.2 Å². The van der Waals surface area contributed by atoms with Crippen LogP contribution in [0.5, 0.6) is 0 Å². The molecule has 0 aromatic carbocycles. The van der Waals surface area contributed by atoms with Crippen molar-refractivity contribution in [3.05, 3.63) is 16.6 Å². The first-order valence-electron chi connectivity index (χ1n) is 6.60. The van der Waals surface area contributed by atoms with Crippen LogP contribution < -0.4 is 5.32 Å². The summed E-state index contributed by atoms with van der Waals surface area (Å²) in [4.78, 5) is 27.1. The molecule has 104 valence electrons. The summed E-state index contributed by atoms with van der Waals surface area (Å²) < 4.78 is 0. The smallest absolute Gasteiger partial charge is 0.405 e. The lowest BCUT2D eigenvalue weighted by molar-refractivity contribution is 0.0914. The van der Waals surface area contributed by atoms with Crippen molar-refractivity contribution in [3.8, 4) is 0 Å². The quantitative estimate of drug-likeness (QED) is 0.814. The molecule has 0 aliphatic heterocycles. The van der Waals surface area contributed by atoms with Gasteiger partial charge in [0.05, 0.1) is 6.04 Å². The number of carbonyl (C=O) groups is 2. The van der Waals surface area contributed by atoms with E-state index in [0.717, 1.165) is 12.8 Å². The summed E-state index contributed by atoms with van der Waals surface area (Å²) in [5.41, 5.74) is 0. The number of hydrogen-bond donors (Lipinski definition) is 2. The van der Waals surface area contributed by atoms with Crippen LogP contribution >= 0.6 is 11.3 Å². The number of carboxylic acid groups (broad SMARTS) is 1. The average molecular weight is 282 g/mol. The molecule has 1 aromatic heterocycles. The van der Waals surface area contributed by atoms with Crippen molar-refractivity contribution in [1.82, 2.24) is 10.3 Å².